The van der Waals surface area contributed by atoms with Gasteiger partial charge < -0.3 is 0 Å². The van der Waals surface area contributed by atoms with Gasteiger partial charge in [0.1, 0.15) is 0 Å². The zero-order chi connectivity index (χ0) is 28.5. The third kappa shape index (κ3) is 30.2. The van der Waals surface area contributed by atoms with Gasteiger partial charge in [-0.05, 0) is 37.0 Å². The largest absolute Gasteiger partial charge is 0.474 e. The van der Waals surface area contributed by atoms with Crippen LogP contribution in [-0.2, 0) is 36.3 Å². The third-order valence-corrected chi connectivity index (χ3v) is 6.83. The van der Waals surface area contributed by atoms with E-state index in [1.165, 1.54) is 0 Å². The first kappa shape index (κ1) is 42.2. The van der Waals surface area contributed by atoms with Crippen molar-refractivity contribution < 1.29 is 36.3 Å². The third-order valence-electron chi connectivity index (χ3n) is 3.94. The lowest BCUT2D eigenvalue weighted by Gasteiger charge is -2.19. The van der Waals surface area contributed by atoms with E-state index >= 15 is 0 Å². The van der Waals surface area contributed by atoms with Gasteiger partial charge in [0.25, 0.3) is 0 Å². The van der Waals surface area contributed by atoms with Crippen molar-refractivity contribution in [3.8, 4) is 0 Å². The Balaban J connectivity index is -0.000000565. The van der Waals surface area contributed by atoms with Crippen LogP contribution in [0.5, 0.6) is 0 Å². The fraction of sp³-hybridized carbons (Fsp3) is 1.00. The Hall–Kier alpha value is 1.68. The quantitative estimate of drug-likeness (QED) is 0.0646. The Morgan fingerprint density at radius 1 is 0.500 bits per heavy atom. The van der Waals surface area contributed by atoms with Crippen LogP contribution in [0.15, 0.2) is 0 Å². The summed E-state index contributed by atoms with van der Waals surface area (Å²) in [7, 11) is -6.69. The van der Waals surface area contributed by atoms with E-state index in [2.05, 4.69) is 58.0 Å². The molecule has 0 aliphatic carbocycles. The molecule has 0 rings (SSSR count). The number of phosphoric acid groups is 2. The SMILES string of the molecule is CCCCOP(=O)(OCC(C)C)OCC(C)C.CCCCOP(=O)(OCCCC)OCC(C)C.II. The monoisotopic (exact) mass is 786 g/mol. The number of unbranched alkanes of at least 4 members (excludes halogenated alkanes) is 3. The van der Waals surface area contributed by atoms with Crippen molar-refractivity contribution in [1.82, 2.24) is 0 Å². The molecule has 0 aromatic heterocycles. The van der Waals surface area contributed by atoms with Gasteiger partial charge in [-0.3, -0.25) is 27.1 Å². The summed E-state index contributed by atoms with van der Waals surface area (Å²) in [6.07, 6.45) is 5.59. The molecule has 8 nitrogen and oxygen atoms in total. The van der Waals surface area contributed by atoms with E-state index in [4.69, 9.17) is 27.1 Å². The summed E-state index contributed by atoms with van der Waals surface area (Å²) < 4.78 is 56.2. The van der Waals surface area contributed by atoms with Crippen molar-refractivity contribution in [2.24, 2.45) is 17.8 Å². The van der Waals surface area contributed by atoms with E-state index in [0.29, 0.717) is 57.4 Å². The lowest BCUT2D eigenvalue weighted by Crippen LogP contribution is -2.09. The Morgan fingerprint density at radius 2 is 0.722 bits per heavy atom. The Morgan fingerprint density at radius 3 is 0.917 bits per heavy atom. The van der Waals surface area contributed by atoms with Gasteiger partial charge in [-0.15, -0.1) is 0 Å². The fourth-order valence-electron chi connectivity index (χ4n) is 1.91. The zero-order valence-corrected chi connectivity index (χ0v) is 30.2. The van der Waals surface area contributed by atoms with Crippen molar-refractivity contribution >= 4 is 52.9 Å². The van der Waals surface area contributed by atoms with E-state index < -0.39 is 15.6 Å². The van der Waals surface area contributed by atoms with Crippen molar-refractivity contribution in [3.05, 3.63) is 0 Å². The van der Waals surface area contributed by atoms with Gasteiger partial charge in [0, 0.05) is 37.2 Å². The lowest BCUT2D eigenvalue weighted by molar-refractivity contribution is 0.0947. The number of halogens is 2. The van der Waals surface area contributed by atoms with Crippen LogP contribution in [0.2, 0.25) is 0 Å². The molecule has 0 aromatic carbocycles. The van der Waals surface area contributed by atoms with Crippen molar-refractivity contribution in [1.29, 1.82) is 0 Å². The van der Waals surface area contributed by atoms with E-state index in [1.54, 1.807) is 0 Å². The average molecular weight is 786 g/mol. The molecule has 0 radical (unpaired) electrons. The maximum atomic E-state index is 12.2. The summed E-state index contributed by atoms with van der Waals surface area (Å²) in [6, 6.07) is 0. The predicted octanol–water partition coefficient (Wildman–Crippen LogP) is 10.4. The van der Waals surface area contributed by atoms with Gasteiger partial charge in [-0.25, -0.2) is 9.13 Å². The average Bonchev–Trinajstić information content (AvgIpc) is 2.83. The molecule has 0 saturated heterocycles. The summed E-state index contributed by atoms with van der Waals surface area (Å²) in [5.74, 6) is 0.925. The predicted molar refractivity (Wildman–Crippen MR) is 168 cm³/mol. The van der Waals surface area contributed by atoms with Gasteiger partial charge in [0.15, 0.2) is 0 Å². The van der Waals surface area contributed by atoms with Gasteiger partial charge in [0.2, 0.25) is 0 Å². The highest BCUT2D eigenvalue weighted by atomic mass is 128. The first-order valence-electron chi connectivity index (χ1n) is 13.1. The summed E-state index contributed by atoms with van der Waals surface area (Å²) >= 11 is 4.24. The molecule has 0 atom stereocenters. The summed E-state index contributed by atoms with van der Waals surface area (Å²) in [5.41, 5.74) is 0. The maximum absolute atomic E-state index is 12.2. The summed E-state index contributed by atoms with van der Waals surface area (Å²) in [4.78, 5) is 0. The number of rotatable bonds is 21. The van der Waals surface area contributed by atoms with Gasteiger partial charge in [0.05, 0.1) is 39.6 Å². The minimum Gasteiger partial charge on any atom is -0.287 e. The second-order valence-corrected chi connectivity index (χ2v) is 12.9. The topological polar surface area (TPSA) is 89.5 Å². The van der Waals surface area contributed by atoms with Crippen molar-refractivity contribution in [2.45, 2.75) is 101 Å². The van der Waals surface area contributed by atoms with Crippen LogP contribution in [-0.4, -0.2) is 39.6 Å². The van der Waals surface area contributed by atoms with Crippen LogP contribution in [0.1, 0.15) is 101 Å². The first-order valence-corrected chi connectivity index (χ1v) is 22.4. The molecule has 0 aliphatic heterocycles. The molecule has 0 unspecified atom stereocenters. The van der Waals surface area contributed by atoms with Gasteiger partial charge >= 0.3 is 15.6 Å². The van der Waals surface area contributed by atoms with E-state index in [1.807, 2.05) is 41.5 Å². The smallest absolute Gasteiger partial charge is 0.287 e. The van der Waals surface area contributed by atoms with Crippen LogP contribution in [0.25, 0.3) is 0 Å². The Kier molecular flexibility index (Phi) is 33.0. The molecule has 0 aliphatic rings. The van der Waals surface area contributed by atoms with Crippen LogP contribution < -0.4 is 0 Å². The molecule has 0 bridgehead atoms. The molecular weight excluding hydrogens is 732 g/mol. The van der Waals surface area contributed by atoms with E-state index in [-0.39, 0.29) is 0 Å². The van der Waals surface area contributed by atoms with Gasteiger partial charge in [-0.2, -0.15) is 0 Å². The normalized spacial score (nSPS) is 11.9. The Labute approximate surface area is 245 Å². The minimum absolute atomic E-state index is 0.306. The standard InChI is InChI=1S/2C12H27O4P.I2/c1-6-7-8-14-17(13,15-9-11(2)3)16-10-12(4)5;1-5-7-9-14-17(13,15-10-8-6-2)16-11-12(3)4;1-2/h11-12H,6-10H2,1-5H3;12H,5-11H2,1-4H3;. The second-order valence-electron chi connectivity index (χ2n) is 9.52. The highest BCUT2D eigenvalue weighted by molar-refractivity contribution is 15.0. The highest BCUT2D eigenvalue weighted by Gasteiger charge is 2.27. The van der Waals surface area contributed by atoms with Gasteiger partial charge in [-0.1, -0.05) is 81.6 Å². The summed E-state index contributed by atoms with van der Waals surface area (Å²) in [6.45, 7) is 20.6. The molecule has 0 heterocycles. The first-order chi connectivity index (χ1) is 16.9. The molecule has 0 fully saturated rings. The van der Waals surface area contributed by atoms with Crippen LogP contribution in [0.3, 0.4) is 0 Å². The number of hydrogen-bond acceptors (Lipinski definition) is 8. The minimum atomic E-state index is -3.36. The van der Waals surface area contributed by atoms with E-state index in [9.17, 15) is 9.13 Å². The van der Waals surface area contributed by atoms with E-state index in [0.717, 1.165) is 38.5 Å². The molecule has 0 aromatic rings. The fourth-order valence-corrected chi connectivity index (χ4v) is 4.85. The molecule has 12 heteroatoms. The molecular formula is C24H54I2O8P2. The highest BCUT2D eigenvalue weighted by Crippen LogP contribution is 2.50. The van der Waals surface area contributed by atoms with Crippen molar-refractivity contribution in [2.75, 3.05) is 39.6 Å². The van der Waals surface area contributed by atoms with Crippen LogP contribution in [0.4, 0.5) is 0 Å². The van der Waals surface area contributed by atoms with Crippen LogP contribution in [0, 0.1) is 17.8 Å². The number of hydrogen-bond donors (Lipinski definition) is 0. The lowest BCUT2D eigenvalue weighted by atomic mass is 10.2. The zero-order valence-electron chi connectivity index (χ0n) is 24.1. The summed E-state index contributed by atoms with van der Waals surface area (Å²) in [5, 5.41) is 0. The number of phosphoric ester groups is 2. The van der Waals surface area contributed by atoms with Crippen molar-refractivity contribution in [3.63, 3.8) is 0 Å². The molecule has 0 spiro atoms. The van der Waals surface area contributed by atoms with Crippen LogP contribution >= 0.6 is 52.9 Å². The molecule has 36 heavy (non-hydrogen) atoms. The molecule has 222 valence electrons. The second kappa shape index (κ2) is 28.2. The molecule has 0 N–H and O–H groups in total. The molecule has 0 amide bonds. The maximum Gasteiger partial charge on any atom is 0.474 e. The Bertz CT molecular complexity index is 522. The molecule has 0 saturated carbocycles.